The number of para-hydroxylation sites is 2. The lowest BCUT2D eigenvalue weighted by Crippen LogP contribution is -2.30. The summed E-state index contributed by atoms with van der Waals surface area (Å²) < 4.78 is 2.25. The summed E-state index contributed by atoms with van der Waals surface area (Å²) >= 11 is 0. The number of rotatable bonds is 3. The average Bonchev–Trinajstić information content (AvgIpc) is 2.83. The van der Waals surface area contributed by atoms with Gasteiger partial charge in [-0.15, -0.1) is 0 Å². The summed E-state index contributed by atoms with van der Waals surface area (Å²) in [4.78, 5) is 7.26. The zero-order valence-electron chi connectivity index (χ0n) is 14.2. The van der Waals surface area contributed by atoms with E-state index in [9.17, 15) is 5.26 Å². The Morgan fingerprint density at radius 2 is 1.88 bits per heavy atom. The highest BCUT2D eigenvalue weighted by atomic mass is 15.3. The van der Waals surface area contributed by atoms with Crippen molar-refractivity contribution in [2.75, 3.05) is 31.1 Å². The zero-order chi connectivity index (χ0) is 17.1. The van der Waals surface area contributed by atoms with Crippen LogP contribution >= 0.6 is 0 Å². The summed E-state index contributed by atoms with van der Waals surface area (Å²) in [6.07, 6.45) is 1.11. The highest BCUT2D eigenvalue weighted by Gasteiger charge is 2.19. The van der Waals surface area contributed by atoms with Crippen LogP contribution in [0, 0.1) is 11.3 Å². The smallest absolute Gasteiger partial charge is 0.206 e. The molecule has 25 heavy (non-hydrogen) atoms. The monoisotopic (exact) mass is 331 g/mol. The third-order valence-electron chi connectivity index (χ3n) is 4.72. The van der Waals surface area contributed by atoms with Crippen LogP contribution in [0.2, 0.25) is 0 Å². The van der Waals surface area contributed by atoms with Gasteiger partial charge in [0.2, 0.25) is 5.95 Å². The predicted molar refractivity (Wildman–Crippen MR) is 99.7 cm³/mol. The Bertz CT molecular complexity index is 913. The van der Waals surface area contributed by atoms with E-state index in [0.717, 1.165) is 60.7 Å². The first-order valence-corrected chi connectivity index (χ1v) is 8.76. The summed E-state index contributed by atoms with van der Waals surface area (Å²) in [5, 5.41) is 12.9. The Morgan fingerprint density at radius 3 is 2.80 bits per heavy atom. The highest BCUT2D eigenvalue weighted by Crippen LogP contribution is 2.25. The van der Waals surface area contributed by atoms with E-state index in [-0.39, 0.29) is 0 Å². The molecule has 0 radical (unpaired) electrons. The Labute approximate surface area is 147 Å². The number of hydrogen-bond acceptors (Lipinski definition) is 4. The number of anilines is 1. The van der Waals surface area contributed by atoms with Gasteiger partial charge >= 0.3 is 0 Å². The van der Waals surface area contributed by atoms with Crippen molar-refractivity contribution in [3.05, 3.63) is 59.7 Å². The van der Waals surface area contributed by atoms with Crippen molar-refractivity contribution >= 4 is 17.0 Å². The van der Waals surface area contributed by atoms with Gasteiger partial charge in [-0.1, -0.05) is 30.3 Å². The first-order valence-electron chi connectivity index (χ1n) is 8.76. The number of nitrogens with zero attached hydrogens (tertiary/aromatic N) is 4. The standard InChI is InChI=1S/C20H21N5/c21-14-16-6-1-2-7-17(16)15-25-19-9-4-3-8-18(19)23-20(25)24-12-5-10-22-11-13-24/h1-4,6-9,22H,5,10-13,15H2. The van der Waals surface area contributed by atoms with E-state index in [2.05, 4.69) is 33.0 Å². The van der Waals surface area contributed by atoms with E-state index >= 15 is 0 Å². The normalized spacial score (nSPS) is 15.1. The Hall–Kier alpha value is -2.84. The topological polar surface area (TPSA) is 56.9 Å². The number of aromatic nitrogens is 2. The Morgan fingerprint density at radius 1 is 1.04 bits per heavy atom. The number of benzene rings is 2. The van der Waals surface area contributed by atoms with E-state index in [1.54, 1.807) is 0 Å². The molecular weight excluding hydrogens is 310 g/mol. The molecule has 2 heterocycles. The molecule has 1 aromatic heterocycles. The van der Waals surface area contributed by atoms with E-state index in [1.165, 1.54) is 0 Å². The summed E-state index contributed by atoms with van der Waals surface area (Å²) in [5.74, 6) is 0.998. The number of hydrogen-bond donors (Lipinski definition) is 1. The molecule has 0 bridgehead atoms. The second kappa shape index (κ2) is 6.96. The van der Waals surface area contributed by atoms with Gasteiger partial charge in [0.15, 0.2) is 0 Å². The van der Waals surface area contributed by atoms with E-state index in [0.29, 0.717) is 6.54 Å². The summed E-state index contributed by atoms with van der Waals surface area (Å²) in [6, 6.07) is 18.4. The molecule has 0 atom stereocenters. The molecule has 1 aliphatic rings. The maximum Gasteiger partial charge on any atom is 0.206 e. The maximum absolute atomic E-state index is 9.42. The average molecular weight is 331 g/mol. The van der Waals surface area contributed by atoms with Gasteiger partial charge in [-0.25, -0.2) is 4.98 Å². The van der Waals surface area contributed by atoms with Crippen molar-refractivity contribution in [2.24, 2.45) is 0 Å². The van der Waals surface area contributed by atoms with Crippen LogP contribution in [0.25, 0.3) is 11.0 Å². The minimum absolute atomic E-state index is 0.656. The van der Waals surface area contributed by atoms with Gasteiger partial charge in [0, 0.05) is 19.6 Å². The molecule has 0 aliphatic carbocycles. The number of imidazole rings is 1. The Balaban J connectivity index is 1.80. The molecule has 1 fully saturated rings. The molecule has 0 saturated carbocycles. The fraction of sp³-hybridized carbons (Fsp3) is 0.300. The number of nitriles is 1. The summed E-state index contributed by atoms with van der Waals surface area (Å²) in [6.45, 7) is 4.62. The molecule has 5 heteroatoms. The van der Waals surface area contributed by atoms with Crippen LogP contribution < -0.4 is 10.2 Å². The summed E-state index contributed by atoms with van der Waals surface area (Å²) in [5.41, 5.74) is 3.87. The second-order valence-corrected chi connectivity index (χ2v) is 6.35. The molecule has 1 N–H and O–H groups in total. The molecule has 126 valence electrons. The zero-order valence-corrected chi connectivity index (χ0v) is 14.2. The van der Waals surface area contributed by atoms with E-state index in [1.807, 2.05) is 36.4 Å². The first-order chi connectivity index (χ1) is 12.4. The largest absolute Gasteiger partial charge is 0.341 e. The quantitative estimate of drug-likeness (QED) is 0.802. The van der Waals surface area contributed by atoms with Crippen molar-refractivity contribution in [3.63, 3.8) is 0 Å². The fourth-order valence-electron chi connectivity index (χ4n) is 3.44. The van der Waals surface area contributed by atoms with Gasteiger partial charge in [-0.05, 0) is 36.7 Å². The van der Waals surface area contributed by atoms with Gasteiger partial charge in [0.05, 0.1) is 29.2 Å². The van der Waals surface area contributed by atoms with Crippen LogP contribution in [0.5, 0.6) is 0 Å². The Kier molecular flexibility index (Phi) is 4.36. The highest BCUT2D eigenvalue weighted by molar-refractivity contribution is 5.79. The van der Waals surface area contributed by atoms with Gasteiger partial charge in [-0.2, -0.15) is 5.26 Å². The van der Waals surface area contributed by atoms with Gasteiger partial charge in [0.1, 0.15) is 0 Å². The summed E-state index contributed by atoms with van der Waals surface area (Å²) in [7, 11) is 0. The van der Waals surface area contributed by atoms with Crippen LogP contribution in [-0.4, -0.2) is 35.7 Å². The minimum atomic E-state index is 0.656. The molecular formula is C20H21N5. The van der Waals surface area contributed by atoms with Gasteiger partial charge in [0.25, 0.3) is 0 Å². The van der Waals surface area contributed by atoms with Crippen LogP contribution in [0.15, 0.2) is 48.5 Å². The van der Waals surface area contributed by atoms with Crippen LogP contribution in [0.1, 0.15) is 17.5 Å². The lowest BCUT2D eigenvalue weighted by atomic mass is 10.1. The fourth-order valence-corrected chi connectivity index (χ4v) is 3.44. The molecule has 5 nitrogen and oxygen atoms in total. The van der Waals surface area contributed by atoms with Crippen molar-refractivity contribution in [2.45, 2.75) is 13.0 Å². The molecule has 2 aromatic carbocycles. The van der Waals surface area contributed by atoms with Crippen LogP contribution in [-0.2, 0) is 6.54 Å². The first kappa shape index (κ1) is 15.7. The molecule has 1 saturated heterocycles. The molecule has 4 rings (SSSR count). The van der Waals surface area contributed by atoms with Crippen LogP contribution in [0.3, 0.4) is 0 Å². The lowest BCUT2D eigenvalue weighted by molar-refractivity contribution is 0.721. The lowest BCUT2D eigenvalue weighted by Gasteiger charge is -2.22. The van der Waals surface area contributed by atoms with Crippen molar-refractivity contribution < 1.29 is 0 Å². The molecule has 0 unspecified atom stereocenters. The maximum atomic E-state index is 9.42. The van der Waals surface area contributed by atoms with Gasteiger partial charge in [-0.3, -0.25) is 0 Å². The minimum Gasteiger partial charge on any atom is -0.341 e. The predicted octanol–water partition coefficient (Wildman–Crippen LogP) is 2.76. The number of nitrogens with one attached hydrogen (secondary N) is 1. The van der Waals surface area contributed by atoms with Crippen molar-refractivity contribution in [1.29, 1.82) is 5.26 Å². The SMILES string of the molecule is N#Cc1ccccc1Cn1c(N2CCCNCC2)nc2ccccc21. The molecule has 3 aromatic rings. The van der Waals surface area contributed by atoms with E-state index < -0.39 is 0 Å². The molecule has 0 spiro atoms. The number of fused-ring (bicyclic) bond motifs is 1. The third-order valence-corrected chi connectivity index (χ3v) is 4.72. The van der Waals surface area contributed by atoms with Crippen molar-refractivity contribution in [1.82, 2.24) is 14.9 Å². The van der Waals surface area contributed by atoms with E-state index in [4.69, 9.17) is 4.98 Å². The molecule has 1 aliphatic heterocycles. The molecule has 0 amide bonds. The van der Waals surface area contributed by atoms with Crippen molar-refractivity contribution in [3.8, 4) is 6.07 Å². The van der Waals surface area contributed by atoms with Gasteiger partial charge < -0.3 is 14.8 Å². The van der Waals surface area contributed by atoms with Crippen LogP contribution in [0.4, 0.5) is 5.95 Å². The second-order valence-electron chi connectivity index (χ2n) is 6.35. The third kappa shape index (κ3) is 3.09.